The Morgan fingerprint density at radius 3 is 2.72 bits per heavy atom. The molecule has 0 saturated carbocycles. The topological polar surface area (TPSA) is 55.6 Å². The van der Waals surface area contributed by atoms with Gasteiger partial charge in [-0.05, 0) is 42.8 Å². The van der Waals surface area contributed by atoms with Crippen molar-refractivity contribution < 1.29 is 4.39 Å². The fourth-order valence-electron chi connectivity index (χ4n) is 2.79. The van der Waals surface area contributed by atoms with Gasteiger partial charge in [-0.25, -0.2) is 14.4 Å². The SMILES string of the molecule is Cc1c2cc(-c3cc(Nc4ccccn4)ncc3F)ccc2nn1C. The van der Waals surface area contributed by atoms with E-state index < -0.39 is 0 Å². The quantitative estimate of drug-likeness (QED) is 0.610. The van der Waals surface area contributed by atoms with Crippen LogP contribution in [0.4, 0.5) is 16.0 Å². The average Bonchev–Trinajstić information content (AvgIpc) is 2.91. The smallest absolute Gasteiger partial charge is 0.149 e. The van der Waals surface area contributed by atoms with Crippen molar-refractivity contribution in [3.63, 3.8) is 0 Å². The maximum absolute atomic E-state index is 14.4. The van der Waals surface area contributed by atoms with E-state index in [0.29, 0.717) is 17.2 Å². The number of aromatic nitrogens is 4. The predicted molar refractivity (Wildman–Crippen MR) is 96.2 cm³/mol. The number of fused-ring (bicyclic) bond motifs is 1. The number of halogens is 1. The molecule has 0 fully saturated rings. The first kappa shape index (κ1) is 15.3. The largest absolute Gasteiger partial charge is 0.325 e. The number of anilines is 2. The van der Waals surface area contributed by atoms with Crippen molar-refractivity contribution in [2.75, 3.05) is 5.32 Å². The van der Waals surface area contributed by atoms with Gasteiger partial charge in [0, 0.05) is 29.9 Å². The van der Waals surface area contributed by atoms with Crippen molar-refractivity contribution >= 4 is 22.5 Å². The molecule has 5 nitrogen and oxygen atoms in total. The van der Waals surface area contributed by atoms with Crippen molar-refractivity contribution in [2.24, 2.45) is 7.05 Å². The van der Waals surface area contributed by atoms with E-state index in [9.17, 15) is 4.39 Å². The molecule has 1 aromatic carbocycles. The van der Waals surface area contributed by atoms with Gasteiger partial charge >= 0.3 is 0 Å². The van der Waals surface area contributed by atoms with Gasteiger partial charge in [-0.3, -0.25) is 4.68 Å². The second-order valence-corrected chi connectivity index (χ2v) is 5.83. The van der Waals surface area contributed by atoms with Gasteiger partial charge in [0.25, 0.3) is 0 Å². The van der Waals surface area contributed by atoms with Crippen molar-refractivity contribution in [3.8, 4) is 11.1 Å². The summed E-state index contributed by atoms with van der Waals surface area (Å²) >= 11 is 0. The molecule has 6 heteroatoms. The van der Waals surface area contributed by atoms with Crippen LogP contribution in [0.2, 0.25) is 0 Å². The van der Waals surface area contributed by atoms with Crippen LogP contribution in [0.1, 0.15) is 5.69 Å². The third kappa shape index (κ3) is 2.82. The first-order valence-corrected chi connectivity index (χ1v) is 7.89. The van der Waals surface area contributed by atoms with Crippen LogP contribution < -0.4 is 5.32 Å². The van der Waals surface area contributed by atoms with Crippen LogP contribution in [-0.2, 0) is 7.05 Å². The van der Waals surface area contributed by atoms with Crippen LogP contribution in [0.25, 0.3) is 22.0 Å². The van der Waals surface area contributed by atoms with Crippen LogP contribution in [0.5, 0.6) is 0 Å². The molecule has 0 aliphatic carbocycles. The van der Waals surface area contributed by atoms with E-state index in [-0.39, 0.29) is 5.82 Å². The van der Waals surface area contributed by atoms with Gasteiger partial charge in [-0.2, -0.15) is 5.10 Å². The van der Waals surface area contributed by atoms with Gasteiger partial charge in [0.1, 0.15) is 17.5 Å². The number of rotatable bonds is 3. The summed E-state index contributed by atoms with van der Waals surface area (Å²) in [5.41, 5.74) is 3.20. The zero-order chi connectivity index (χ0) is 17.4. The van der Waals surface area contributed by atoms with Gasteiger partial charge in [0.2, 0.25) is 0 Å². The maximum atomic E-state index is 14.4. The van der Waals surface area contributed by atoms with E-state index in [2.05, 4.69) is 20.4 Å². The molecular formula is C19H16FN5. The van der Waals surface area contributed by atoms with Crippen molar-refractivity contribution in [1.29, 1.82) is 0 Å². The highest BCUT2D eigenvalue weighted by Gasteiger charge is 2.11. The molecule has 3 heterocycles. The van der Waals surface area contributed by atoms with E-state index in [1.807, 2.05) is 55.1 Å². The number of aryl methyl sites for hydroxylation is 2. The Morgan fingerprint density at radius 2 is 1.92 bits per heavy atom. The summed E-state index contributed by atoms with van der Waals surface area (Å²) in [6.45, 7) is 2.00. The lowest BCUT2D eigenvalue weighted by molar-refractivity contribution is 0.625. The van der Waals surface area contributed by atoms with E-state index in [4.69, 9.17) is 0 Å². The van der Waals surface area contributed by atoms with Crippen LogP contribution in [0.3, 0.4) is 0 Å². The van der Waals surface area contributed by atoms with Gasteiger partial charge in [-0.1, -0.05) is 12.1 Å². The number of hydrogen-bond donors (Lipinski definition) is 1. The summed E-state index contributed by atoms with van der Waals surface area (Å²) < 4.78 is 16.2. The Hall–Kier alpha value is -3.28. The molecule has 0 saturated heterocycles. The second kappa shape index (κ2) is 5.98. The minimum absolute atomic E-state index is 0.368. The second-order valence-electron chi connectivity index (χ2n) is 5.83. The number of nitrogens with one attached hydrogen (secondary N) is 1. The van der Waals surface area contributed by atoms with Crippen LogP contribution in [0, 0.1) is 12.7 Å². The van der Waals surface area contributed by atoms with Crippen LogP contribution in [-0.4, -0.2) is 19.7 Å². The number of nitrogens with zero attached hydrogens (tertiary/aromatic N) is 4. The third-order valence-electron chi connectivity index (χ3n) is 4.22. The molecule has 0 spiro atoms. The summed E-state index contributed by atoms with van der Waals surface area (Å²) in [7, 11) is 1.90. The Balaban J connectivity index is 1.77. The molecule has 124 valence electrons. The van der Waals surface area contributed by atoms with Gasteiger partial charge < -0.3 is 5.32 Å². The summed E-state index contributed by atoms with van der Waals surface area (Å²) in [4.78, 5) is 8.30. The van der Waals surface area contributed by atoms with Gasteiger partial charge in [0.05, 0.1) is 11.7 Å². The molecule has 4 aromatic rings. The molecule has 25 heavy (non-hydrogen) atoms. The summed E-state index contributed by atoms with van der Waals surface area (Å²) in [6.07, 6.45) is 2.91. The Labute approximate surface area is 144 Å². The third-order valence-corrected chi connectivity index (χ3v) is 4.22. The van der Waals surface area contributed by atoms with E-state index in [1.165, 1.54) is 6.20 Å². The number of hydrogen-bond acceptors (Lipinski definition) is 4. The summed E-state index contributed by atoms with van der Waals surface area (Å²) in [5.74, 6) is 0.830. The first-order chi connectivity index (χ1) is 12.1. The van der Waals surface area contributed by atoms with Crippen LogP contribution in [0.15, 0.2) is 54.9 Å². The minimum atomic E-state index is -0.368. The molecule has 0 bridgehead atoms. The standard InChI is InChI=1S/C19H16FN5/c1-12-14-9-13(6-7-17(14)24-25(12)2)15-10-19(22-11-16(15)20)23-18-5-3-4-8-21-18/h3-11H,1-2H3,(H,21,22,23). The van der Waals surface area contributed by atoms with Crippen LogP contribution >= 0.6 is 0 Å². The highest BCUT2D eigenvalue weighted by atomic mass is 19.1. The first-order valence-electron chi connectivity index (χ1n) is 7.89. The average molecular weight is 333 g/mol. The Kier molecular flexibility index (Phi) is 3.65. The predicted octanol–water partition coefficient (Wildman–Crippen LogP) is 4.22. The Morgan fingerprint density at radius 1 is 1.04 bits per heavy atom. The summed E-state index contributed by atoms with van der Waals surface area (Å²) in [5, 5.41) is 8.53. The normalized spacial score (nSPS) is 11.0. The molecule has 0 aliphatic rings. The monoisotopic (exact) mass is 333 g/mol. The molecule has 4 rings (SSSR count). The zero-order valence-corrected chi connectivity index (χ0v) is 13.9. The molecule has 3 aromatic heterocycles. The lowest BCUT2D eigenvalue weighted by atomic mass is 10.0. The fraction of sp³-hybridized carbons (Fsp3) is 0.105. The molecule has 1 N–H and O–H groups in total. The highest BCUT2D eigenvalue weighted by molar-refractivity contribution is 5.87. The lowest BCUT2D eigenvalue weighted by Crippen LogP contribution is -1.97. The molecular weight excluding hydrogens is 317 g/mol. The van der Waals surface area contributed by atoms with Crippen molar-refractivity contribution in [1.82, 2.24) is 19.7 Å². The molecule has 0 atom stereocenters. The van der Waals surface area contributed by atoms with E-state index >= 15 is 0 Å². The fourth-order valence-corrected chi connectivity index (χ4v) is 2.79. The number of pyridine rings is 2. The highest BCUT2D eigenvalue weighted by Crippen LogP contribution is 2.29. The number of benzene rings is 1. The van der Waals surface area contributed by atoms with Gasteiger partial charge in [0.15, 0.2) is 0 Å². The van der Waals surface area contributed by atoms with E-state index in [1.54, 1.807) is 12.3 Å². The summed E-state index contributed by atoms with van der Waals surface area (Å²) in [6, 6.07) is 13.0. The van der Waals surface area contributed by atoms with Crippen molar-refractivity contribution in [2.45, 2.75) is 6.92 Å². The molecule has 0 aliphatic heterocycles. The maximum Gasteiger partial charge on any atom is 0.149 e. The Bertz CT molecular complexity index is 1060. The minimum Gasteiger partial charge on any atom is -0.325 e. The zero-order valence-electron chi connectivity index (χ0n) is 13.9. The molecule has 0 radical (unpaired) electrons. The van der Waals surface area contributed by atoms with E-state index in [0.717, 1.165) is 22.2 Å². The molecule has 0 amide bonds. The van der Waals surface area contributed by atoms with Gasteiger partial charge in [-0.15, -0.1) is 0 Å². The van der Waals surface area contributed by atoms with Crippen molar-refractivity contribution in [3.05, 3.63) is 66.4 Å². The lowest BCUT2D eigenvalue weighted by Gasteiger charge is -2.08. The molecule has 0 unspecified atom stereocenters.